The monoisotopic (exact) mass is 323 g/mol. The van der Waals surface area contributed by atoms with Crippen LogP contribution in [-0.4, -0.2) is 5.91 Å². The van der Waals surface area contributed by atoms with Crippen LogP contribution in [0.2, 0.25) is 5.02 Å². The van der Waals surface area contributed by atoms with Gasteiger partial charge in [-0.05, 0) is 42.0 Å². The van der Waals surface area contributed by atoms with Crippen LogP contribution in [0.3, 0.4) is 0 Å². The van der Waals surface area contributed by atoms with Gasteiger partial charge in [-0.25, -0.2) is 0 Å². The lowest BCUT2D eigenvalue weighted by atomic mass is 10.1. The molecule has 2 aromatic rings. The maximum absolute atomic E-state index is 11.9. The largest absolute Gasteiger partial charge is 0.322 e. The predicted octanol–water partition coefficient (Wildman–Crippen LogP) is 4.49. The Morgan fingerprint density at radius 2 is 1.67 bits per heavy atom. The van der Waals surface area contributed by atoms with Crippen LogP contribution in [0, 0.1) is 0 Å². The van der Waals surface area contributed by atoms with Crippen LogP contribution in [0.25, 0.3) is 0 Å². The van der Waals surface area contributed by atoms with Gasteiger partial charge in [-0.1, -0.05) is 39.7 Å². The number of benzene rings is 2. The molecule has 0 aliphatic rings. The number of anilines is 1. The van der Waals surface area contributed by atoms with Crippen molar-refractivity contribution in [2.45, 2.75) is 5.33 Å². The Hall–Kier alpha value is -1.32. The summed E-state index contributed by atoms with van der Waals surface area (Å²) < 4.78 is 0. The van der Waals surface area contributed by atoms with Gasteiger partial charge in [-0.15, -0.1) is 0 Å². The molecule has 1 amide bonds. The summed E-state index contributed by atoms with van der Waals surface area (Å²) in [6.45, 7) is 0. The molecule has 0 radical (unpaired) electrons. The third-order valence-corrected chi connectivity index (χ3v) is 3.37. The third kappa shape index (κ3) is 3.34. The molecule has 2 aromatic carbocycles. The minimum absolute atomic E-state index is 0.126. The molecule has 0 bridgehead atoms. The fourth-order valence-electron chi connectivity index (χ4n) is 1.48. The van der Waals surface area contributed by atoms with Crippen molar-refractivity contribution in [3.63, 3.8) is 0 Å². The van der Waals surface area contributed by atoms with E-state index in [0.29, 0.717) is 10.6 Å². The Kier molecular flexibility index (Phi) is 4.39. The van der Waals surface area contributed by atoms with Crippen molar-refractivity contribution in [3.8, 4) is 0 Å². The molecule has 0 fully saturated rings. The number of hydrogen-bond donors (Lipinski definition) is 1. The summed E-state index contributed by atoms with van der Waals surface area (Å²) in [5.41, 5.74) is 2.50. The average Bonchev–Trinajstić information content (AvgIpc) is 2.41. The molecule has 2 nitrogen and oxygen atoms in total. The lowest BCUT2D eigenvalue weighted by molar-refractivity contribution is 0.102. The highest BCUT2D eigenvalue weighted by Gasteiger charge is 2.05. The highest BCUT2D eigenvalue weighted by atomic mass is 79.9. The van der Waals surface area contributed by atoms with Crippen molar-refractivity contribution in [1.82, 2.24) is 0 Å². The molecule has 18 heavy (non-hydrogen) atoms. The second-order valence-electron chi connectivity index (χ2n) is 3.79. The van der Waals surface area contributed by atoms with Crippen LogP contribution in [-0.2, 0) is 5.33 Å². The fourth-order valence-corrected chi connectivity index (χ4v) is 1.98. The summed E-state index contributed by atoms with van der Waals surface area (Å²) in [5, 5.41) is 4.25. The van der Waals surface area contributed by atoms with E-state index in [4.69, 9.17) is 11.6 Å². The molecule has 0 unspecified atom stereocenters. The number of halogens is 2. The Balaban J connectivity index is 2.09. The number of hydrogen-bond acceptors (Lipinski definition) is 1. The first-order valence-corrected chi connectivity index (χ1v) is 6.91. The maximum Gasteiger partial charge on any atom is 0.255 e. The topological polar surface area (TPSA) is 29.1 Å². The lowest BCUT2D eigenvalue weighted by Crippen LogP contribution is -2.11. The molecule has 0 saturated carbocycles. The zero-order valence-electron chi connectivity index (χ0n) is 9.49. The van der Waals surface area contributed by atoms with Gasteiger partial charge < -0.3 is 5.32 Å². The Morgan fingerprint density at radius 1 is 1.06 bits per heavy atom. The van der Waals surface area contributed by atoms with Crippen molar-refractivity contribution < 1.29 is 4.79 Å². The van der Waals surface area contributed by atoms with Gasteiger partial charge in [0.05, 0.1) is 0 Å². The van der Waals surface area contributed by atoms with E-state index < -0.39 is 0 Å². The summed E-state index contributed by atoms with van der Waals surface area (Å²) in [4.78, 5) is 11.9. The number of amides is 1. The Morgan fingerprint density at radius 3 is 2.22 bits per heavy atom. The van der Waals surface area contributed by atoms with Crippen LogP contribution >= 0.6 is 27.5 Å². The number of carbonyl (C=O) groups is 1. The molecule has 4 heteroatoms. The maximum atomic E-state index is 11.9. The van der Waals surface area contributed by atoms with E-state index in [1.54, 1.807) is 24.3 Å². The molecule has 0 spiro atoms. The minimum Gasteiger partial charge on any atom is -0.322 e. The predicted molar refractivity (Wildman–Crippen MR) is 78.5 cm³/mol. The molecule has 0 aromatic heterocycles. The molecule has 0 aliphatic carbocycles. The molecular weight excluding hydrogens is 314 g/mol. The smallest absolute Gasteiger partial charge is 0.255 e. The van der Waals surface area contributed by atoms with E-state index in [9.17, 15) is 4.79 Å². The summed E-state index contributed by atoms with van der Waals surface area (Å²) in [6, 6.07) is 14.5. The van der Waals surface area contributed by atoms with Gasteiger partial charge in [0, 0.05) is 21.6 Å². The third-order valence-electron chi connectivity index (χ3n) is 2.47. The highest BCUT2D eigenvalue weighted by Crippen LogP contribution is 2.15. The van der Waals surface area contributed by atoms with E-state index in [-0.39, 0.29) is 5.91 Å². The number of rotatable bonds is 3. The van der Waals surface area contributed by atoms with Crippen molar-refractivity contribution in [2.24, 2.45) is 0 Å². The Labute approximate surface area is 119 Å². The summed E-state index contributed by atoms with van der Waals surface area (Å²) in [6.07, 6.45) is 0. The molecule has 0 saturated heterocycles. The molecule has 92 valence electrons. The number of nitrogens with one attached hydrogen (secondary N) is 1. The van der Waals surface area contributed by atoms with Crippen LogP contribution in [0.4, 0.5) is 5.69 Å². The van der Waals surface area contributed by atoms with E-state index in [1.807, 2.05) is 24.3 Å². The SMILES string of the molecule is O=C(Nc1ccc(Cl)cc1)c1ccc(CBr)cc1. The molecule has 0 aliphatic heterocycles. The first kappa shape index (κ1) is 13.1. The van der Waals surface area contributed by atoms with E-state index in [2.05, 4.69) is 21.2 Å². The lowest BCUT2D eigenvalue weighted by Gasteiger charge is -2.05. The van der Waals surface area contributed by atoms with Crippen LogP contribution in [0.1, 0.15) is 15.9 Å². The zero-order valence-corrected chi connectivity index (χ0v) is 11.8. The second kappa shape index (κ2) is 6.03. The molecule has 1 N–H and O–H groups in total. The van der Waals surface area contributed by atoms with Crippen molar-refractivity contribution in [3.05, 3.63) is 64.7 Å². The van der Waals surface area contributed by atoms with E-state index >= 15 is 0 Å². The van der Waals surface area contributed by atoms with Gasteiger partial charge >= 0.3 is 0 Å². The van der Waals surface area contributed by atoms with Crippen LogP contribution in [0.15, 0.2) is 48.5 Å². The van der Waals surface area contributed by atoms with E-state index in [0.717, 1.165) is 16.6 Å². The zero-order chi connectivity index (χ0) is 13.0. The van der Waals surface area contributed by atoms with Gasteiger partial charge in [0.1, 0.15) is 0 Å². The molecule has 0 heterocycles. The first-order chi connectivity index (χ1) is 8.69. The number of carbonyl (C=O) groups excluding carboxylic acids is 1. The average molecular weight is 325 g/mol. The van der Waals surface area contributed by atoms with Crippen LogP contribution < -0.4 is 5.32 Å². The molecular formula is C14H11BrClNO. The molecule has 2 rings (SSSR count). The van der Waals surface area contributed by atoms with Crippen molar-refractivity contribution in [1.29, 1.82) is 0 Å². The standard InChI is InChI=1S/C14H11BrClNO/c15-9-10-1-3-11(4-2-10)14(18)17-13-7-5-12(16)6-8-13/h1-8H,9H2,(H,17,18). The van der Waals surface area contributed by atoms with E-state index in [1.165, 1.54) is 0 Å². The highest BCUT2D eigenvalue weighted by molar-refractivity contribution is 9.08. The Bertz CT molecular complexity index is 537. The first-order valence-electron chi connectivity index (χ1n) is 5.41. The van der Waals surface area contributed by atoms with Gasteiger partial charge in [0.15, 0.2) is 0 Å². The summed E-state index contributed by atoms with van der Waals surface area (Å²) in [7, 11) is 0. The summed E-state index contributed by atoms with van der Waals surface area (Å²) in [5.74, 6) is -0.126. The minimum atomic E-state index is -0.126. The van der Waals surface area contributed by atoms with Gasteiger partial charge in [-0.2, -0.15) is 0 Å². The van der Waals surface area contributed by atoms with Gasteiger partial charge in [0.25, 0.3) is 5.91 Å². The van der Waals surface area contributed by atoms with Crippen LogP contribution in [0.5, 0.6) is 0 Å². The van der Waals surface area contributed by atoms with Gasteiger partial charge in [0.2, 0.25) is 0 Å². The van der Waals surface area contributed by atoms with Crippen molar-refractivity contribution in [2.75, 3.05) is 5.32 Å². The number of alkyl halides is 1. The van der Waals surface area contributed by atoms with Gasteiger partial charge in [-0.3, -0.25) is 4.79 Å². The fraction of sp³-hybridized carbons (Fsp3) is 0.0714. The normalized spacial score (nSPS) is 10.1. The van der Waals surface area contributed by atoms with Crippen molar-refractivity contribution >= 4 is 39.1 Å². The second-order valence-corrected chi connectivity index (χ2v) is 4.79. The quantitative estimate of drug-likeness (QED) is 0.828. The summed E-state index contributed by atoms with van der Waals surface area (Å²) >= 11 is 9.15. The molecule has 0 atom stereocenters.